The summed E-state index contributed by atoms with van der Waals surface area (Å²) in [6.45, 7) is -1.43. The first kappa shape index (κ1) is 12.7. The minimum Gasteiger partial charge on any atom is -0.467 e. The van der Waals surface area contributed by atoms with Crippen molar-refractivity contribution in [3.05, 3.63) is 22.9 Å². The van der Waals surface area contributed by atoms with Crippen LogP contribution in [0.5, 0.6) is 5.88 Å². The Balaban J connectivity index is 2.30. The van der Waals surface area contributed by atoms with E-state index < -0.39 is 12.8 Å². The Morgan fingerprint density at radius 1 is 1.44 bits per heavy atom. The number of pyridine rings is 1. The Kier molecular flexibility index (Phi) is 3.14. The van der Waals surface area contributed by atoms with Gasteiger partial charge in [0, 0.05) is 5.69 Å². The zero-order valence-electron chi connectivity index (χ0n) is 9.47. The number of halogens is 3. The molecule has 0 bridgehead atoms. The summed E-state index contributed by atoms with van der Waals surface area (Å²) in [5, 5.41) is 7.35. The van der Waals surface area contributed by atoms with Gasteiger partial charge in [0.2, 0.25) is 5.88 Å². The molecule has 98 valence electrons. The molecule has 0 saturated heterocycles. The molecule has 7 heteroatoms. The molecule has 1 aliphatic carbocycles. The highest BCUT2D eigenvalue weighted by molar-refractivity contribution is 5.97. The number of nitrogens with one attached hydrogen (secondary N) is 1. The number of rotatable bonds is 3. The number of alkyl halides is 3. The van der Waals surface area contributed by atoms with Crippen molar-refractivity contribution >= 4 is 5.84 Å². The summed E-state index contributed by atoms with van der Waals surface area (Å²) in [5.41, 5.74) is 7.12. The number of aryl methyl sites for hydroxylation is 2. The second-order valence-electron chi connectivity index (χ2n) is 4.12. The van der Waals surface area contributed by atoms with Crippen LogP contribution < -0.4 is 10.5 Å². The molecule has 1 aromatic rings. The SMILES string of the molecule is N=C(N)c1cc2c(nc1OCC(F)(F)F)CCC2. The van der Waals surface area contributed by atoms with Crippen molar-refractivity contribution < 1.29 is 17.9 Å². The van der Waals surface area contributed by atoms with E-state index >= 15 is 0 Å². The van der Waals surface area contributed by atoms with Crippen LogP contribution in [0.3, 0.4) is 0 Å². The van der Waals surface area contributed by atoms with E-state index in [0.717, 1.165) is 30.5 Å². The maximum Gasteiger partial charge on any atom is 0.422 e. The largest absolute Gasteiger partial charge is 0.467 e. The zero-order valence-corrected chi connectivity index (χ0v) is 9.47. The summed E-state index contributed by atoms with van der Waals surface area (Å²) < 4.78 is 41.0. The fraction of sp³-hybridized carbons (Fsp3) is 0.455. The number of nitrogens with zero attached hydrogens (tertiary/aromatic N) is 1. The molecule has 1 aliphatic rings. The predicted octanol–water partition coefficient (Wildman–Crippen LogP) is 1.80. The Labute approximate surface area is 101 Å². The first-order chi connectivity index (χ1) is 8.37. The van der Waals surface area contributed by atoms with Crippen LogP contribution >= 0.6 is 0 Å². The van der Waals surface area contributed by atoms with E-state index in [0.29, 0.717) is 0 Å². The fourth-order valence-electron chi connectivity index (χ4n) is 1.91. The molecule has 0 aliphatic heterocycles. The molecule has 0 aromatic carbocycles. The van der Waals surface area contributed by atoms with Crippen molar-refractivity contribution in [3.8, 4) is 5.88 Å². The van der Waals surface area contributed by atoms with Gasteiger partial charge in [-0.1, -0.05) is 0 Å². The smallest absolute Gasteiger partial charge is 0.422 e. The van der Waals surface area contributed by atoms with E-state index in [1.54, 1.807) is 6.07 Å². The molecule has 3 N–H and O–H groups in total. The monoisotopic (exact) mass is 259 g/mol. The average Bonchev–Trinajstić information content (AvgIpc) is 2.70. The second kappa shape index (κ2) is 4.47. The molecule has 0 saturated carbocycles. The summed E-state index contributed by atoms with van der Waals surface area (Å²) in [4.78, 5) is 4.03. The number of hydrogen-bond acceptors (Lipinski definition) is 3. The fourth-order valence-corrected chi connectivity index (χ4v) is 1.91. The average molecular weight is 259 g/mol. The summed E-state index contributed by atoms with van der Waals surface area (Å²) in [5.74, 6) is -0.546. The molecule has 0 atom stereocenters. The van der Waals surface area contributed by atoms with Crippen LogP contribution in [-0.2, 0) is 12.8 Å². The summed E-state index contributed by atoms with van der Waals surface area (Å²) in [7, 11) is 0. The number of hydrogen-bond donors (Lipinski definition) is 2. The van der Waals surface area contributed by atoms with Gasteiger partial charge < -0.3 is 10.5 Å². The van der Waals surface area contributed by atoms with Crippen LogP contribution in [0.15, 0.2) is 6.07 Å². The van der Waals surface area contributed by atoms with Crippen molar-refractivity contribution in [2.24, 2.45) is 5.73 Å². The number of nitrogen functional groups attached to an aromatic ring is 1. The molecular formula is C11H12F3N3O. The molecule has 4 nitrogen and oxygen atoms in total. The lowest BCUT2D eigenvalue weighted by Crippen LogP contribution is -2.22. The third-order valence-corrected chi connectivity index (χ3v) is 2.68. The van der Waals surface area contributed by atoms with Gasteiger partial charge in [0.15, 0.2) is 6.61 Å². The Hall–Kier alpha value is -1.79. The normalized spacial score (nSPS) is 14.4. The van der Waals surface area contributed by atoms with Crippen LogP contribution in [0.1, 0.15) is 23.2 Å². The maximum absolute atomic E-state index is 12.1. The number of amidine groups is 1. The van der Waals surface area contributed by atoms with Gasteiger partial charge in [-0.2, -0.15) is 13.2 Å². The highest BCUT2D eigenvalue weighted by Crippen LogP contribution is 2.27. The molecule has 0 unspecified atom stereocenters. The topological polar surface area (TPSA) is 72.0 Å². The lowest BCUT2D eigenvalue weighted by Gasteiger charge is -2.13. The van der Waals surface area contributed by atoms with Crippen molar-refractivity contribution in [1.29, 1.82) is 5.41 Å². The number of nitrogens with two attached hydrogens (primary N) is 1. The molecule has 1 aromatic heterocycles. The van der Waals surface area contributed by atoms with Gasteiger partial charge in [0.05, 0.1) is 5.56 Å². The molecule has 2 rings (SSSR count). The number of fused-ring (bicyclic) bond motifs is 1. The van der Waals surface area contributed by atoms with Crippen molar-refractivity contribution in [3.63, 3.8) is 0 Å². The van der Waals surface area contributed by atoms with Gasteiger partial charge in [-0.15, -0.1) is 0 Å². The van der Waals surface area contributed by atoms with Gasteiger partial charge >= 0.3 is 6.18 Å². The van der Waals surface area contributed by atoms with Gasteiger partial charge in [-0.3, -0.25) is 5.41 Å². The van der Waals surface area contributed by atoms with Crippen LogP contribution in [0.25, 0.3) is 0 Å². The van der Waals surface area contributed by atoms with Crippen molar-refractivity contribution in [1.82, 2.24) is 4.98 Å². The predicted molar refractivity (Wildman–Crippen MR) is 58.8 cm³/mol. The molecule has 0 fully saturated rings. The highest BCUT2D eigenvalue weighted by atomic mass is 19.4. The molecule has 0 amide bonds. The first-order valence-corrected chi connectivity index (χ1v) is 5.43. The van der Waals surface area contributed by atoms with Gasteiger partial charge in [0.1, 0.15) is 5.84 Å². The highest BCUT2D eigenvalue weighted by Gasteiger charge is 2.30. The Bertz CT molecular complexity index is 485. The second-order valence-corrected chi connectivity index (χ2v) is 4.12. The van der Waals surface area contributed by atoms with Gasteiger partial charge in [-0.05, 0) is 30.9 Å². The summed E-state index contributed by atoms with van der Waals surface area (Å²) in [6, 6.07) is 1.60. The number of ether oxygens (including phenoxy) is 1. The van der Waals surface area contributed by atoms with E-state index in [1.807, 2.05) is 0 Å². The zero-order chi connectivity index (χ0) is 13.3. The quantitative estimate of drug-likeness (QED) is 0.642. The summed E-state index contributed by atoms with van der Waals surface area (Å²) in [6.07, 6.45) is -2.00. The first-order valence-electron chi connectivity index (χ1n) is 5.43. The van der Waals surface area contributed by atoms with E-state index in [1.165, 1.54) is 0 Å². The minimum atomic E-state index is -4.44. The lowest BCUT2D eigenvalue weighted by atomic mass is 10.1. The summed E-state index contributed by atoms with van der Waals surface area (Å²) >= 11 is 0. The van der Waals surface area contributed by atoms with E-state index in [4.69, 9.17) is 11.1 Å². The third kappa shape index (κ3) is 2.72. The molecular weight excluding hydrogens is 247 g/mol. The van der Waals surface area contributed by atoms with E-state index in [-0.39, 0.29) is 17.3 Å². The number of aromatic nitrogens is 1. The molecule has 0 radical (unpaired) electrons. The van der Waals surface area contributed by atoms with Gasteiger partial charge in [0.25, 0.3) is 0 Å². The van der Waals surface area contributed by atoms with Crippen LogP contribution in [0.4, 0.5) is 13.2 Å². The molecule has 1 heterocycles. The Morgan fingerprint density at radius 2 is 2.17 bits per heavy atom. The van der Waals surface area contributed by atoms with Crippen molar-refractivity contribution in [2.75, 3.05) is 6.61 Å². The van der Waals surface area contributed by atoms with Crippen LogP contribution in [-0.4, -0.2) is 23.6 Å². The molecule has 0 spiro atoms. The lowest BCUT2D eigenvalue weighted by molar-refractivity contribution is -0.154. The maximum atomic E-state index is 12.1. The van der Waals surface area contributed by atoms with Crippen LogP contribution in [0, 0.1) is 5.41 Å². The van der Waals surface area contributed by atoms with E-state index in [2.05, 4.69) is 9.72 Å². The standard InChI is InChI=1S/C11H12F3N3O/c12-11(13,14)5-18-10-7(9(15)16)4-6-2-1-3-8(6)17-10/h4H,1-3,5H2,(H3,15,16). The Morgan fingerprint density at radius 3 is 2.78 bits per heavy atom. The van der Waals surface area contributed by atoms with E-state index in [9.17, 15) is 13.2 Å². The van der Waals surface area contributed by atoms with Gasteiger partial charge in [-0.25, -0.2) is 4.98 Å². The van der Waals surface area contributed by atoms with Crippen LogP contribution in [0.2, 0.25) is 0 Å². The van der Waals surface area contributed by atoms with Crippen molar-refractivity contribution in [2.45, 2.75) is 25.4 Å². The third-order valence-electron chi connectivity index (χ3n) is 2.68. The molecule has 18 heavy (non-hydrogen) atoms. The minimum absolute atomic E-state index is 0.125.